The first-order valence-electron chi connectivity index (χ1n) is 18.0. The average molecular weight is 668 g/mol. The van der Waals surface area contributed by atoms with Crippen molar-refractivity contribution >= 4 is 45.9 Å². The van der Waals surface area contributed by atoms with Crippen LogP contribution in [-0.2, 0) is 6.42 Å². The number of aromatic nitrogens is 1. The van der Waals surface area contributed by atoms with E-state index >= 15 is 0 Å². The van der Waals surface area contributed by atoms with E-state index in [4.69, 9.17) is 6.58 Å². The zero-order chi connectivity index (χ0) is 34.9. The van der Waals surface area contributed by atoms with Crippen LogP contribution in [0.5, 0.6) is 0 Å². The minimum atomic E-state index is -0.262. The molecule has 0 unspecified atom stereocenters. The predicted molar refractivity (Wildman–Crippen MR) is 222 cm³/mol. The summed E-state index contributed by atoms with van der Waals surface area (Å²) in [7, 11) is 0. The van der Waals surface area contributed by atoms with Gasteiger partial charge in [-0.15, -0.1) is 6.58 Å². The SMILES string of the molecule is C=C1B(Nc2ccccc2)N(c2ccc(-c3cccc4c3c3ccccc3n4-c3ccccc3)cc2)c2ccccc2C/C=C\C=C1C1C=CC=C1. The molecule has 2 aliphatic rings. The third-order valence-corrected chi connectivity index (χ3v) is 10.3. The largest absolute Gasteiger partial charge is 0.413 e. The first-order chi connectivity index (χ1) is 25.7. The number of benzene rings is 6. The Morgan fingerprint density at radius 1 is 0.615 bits per heavy atom. The van der Waals surface area contributed by atoms with Crippen molar-refractivity contribution in [3.8, 4) is 16.8 Å². The van der Waals surface area contributed by atoms with Gasteiger partial charge in [0.25, 0.3) is 0 Å². The molecule has 0 amide bonds. The smallest absolute Gasteiger partial charge is 0.405 e. The lowest BCUT2D eigenvalue weighted by atomic mass is 9.60. The van der Waals surface area contributed by atoms with Crippen LogP contribution in [0.3, 0.4) is 0 Å². The second-order valence-corrected chi connectivity index (χ2v) is 13.4. The molecule has 0 spiro atoms. The number of fused-ring (bicyclic) bond motifs is 4. The summed E-state index contributed by atoms with van der Waals surface area (Å²) in [6.07, 6.45) is 16.3. The molecule has 0 atom stereocenters. The van der Waals surface area contributed by atoms with Crippen LogP contribution in [0, 0.1) is 5.92 Å². The highest BCUT2D eigenvalue weighted by molar-refractivity contribution is 6.76. The van der Waals surface area contributed by atoms with E-state index in [1.165, 1.54) is 44.1 Å². The second kappa shape index (κ2) is 13.7. The molecule has 0 saturated heterocycles. The van der Waals surface area contributed by atoms with Crippen molar-refractivity contribution in [2.24, 2.45) is 5.92 Å². The van der Waals surface area contributed by atoms with Gasteiger partial charge in [-0.25, -0.2) is 0 Å². The fraction of sp³-hybridized carbons (Fsp3) is 0.0417. The van der Waals surface area contributed by atoms with Crippen LogP contribution in [-0.4, -0.2) is 11.5 Å². The summed E-state index contributed by atoms with van der Waals surface area (Å²) in [6.45, 7) is 4.56. The van der Waals surface area contributed by atoms with Gasteiger partial charge >= 0.3 is 6.98 Å². The van der Waals surface area contributed by atoms with E-state index in [1.807, 2.05) is 0 Å². The molecule has 7 aromatic rings. The van der Waals surface area contributed by atoms with Crippen LogP contribution in [0.2, 0.25) is 0 Å². The molecule has 1 aromatic heterocycles. The first kappa shape index (κ1) is 31.5. The monoisotopic (exact) mass is 667 g/mol. The van der Waals surface area contributed by atoms with Gasteiger partial charge in [0.05, 0.1) is 11.0 Å². The zero-order valence-electron chi connectivity index (χ0n) is 28.9. The van der Waals surface area contributed by atoms with Crippen LogP contribution in [0.25, 0.3) is 38.6 Å². The predicted octanol–water partition coefficient (Wildman–Crippen LogP) is 12.1. The van der Waals surface area contributed by atoms with Crippen molar-refractivity contribution in [2.75, 3.05) is 10.0 Å². The lowest BCUT2D eigenvalue weighted by Crippen LogP contribution is -2.46. The molecule has 248 valence electrons. The summed E-state index contributed by atoms with van der Waals surface area (Å²) < 4.78 is 2.38. The Kier molecular flexibility index (Phi) is 8.26. The molecular formula is C48H38BN3. The number of para-hydroxylation sites is 4. The Balaban J connectivity index is 1.20. The van der Waals surface area contributed by atoms with Gasteiger partial charge in [-0.05, 0) is 88.8 Å². The van der Waals surface area contributed by atoms with Gasteiger partial charge in [-0.3, -0.25) is 0 Å². The van der Waals surface area contributed by atoms with Crippen LogP contribution in [0.4, 0.5) is 17.1 Å². The fourth-order valence-electron chi connectivity index (χ4n) is 7.86. The van der Waals surface area contributed by atoms with Gasteiger partial charge in [-0.2, -0.15) is 0 Å². The first-order valence-corrected chi connectivity index (χ1v) is 18.0. The fourth-order valence-corrected chi connectivity index (χ4v) is 7.86. The summed E-state index contributed by atoms with van der Waals surface area (Å²) in [4.78, 5) is 2.44. The van der Waals surface area contributed by atoms with E-state index < -0.39 is 0 Å². The Morgan fingerprint density at radius 3 is 2.12 bits per heavy atom. The number of nitrogens with zero attached hydrogens (tertiary/aromatic N) is 2. The van der Waals surface area contributed by atoms with Crippen molar-refractivity contribution in [1.29, 1.82) is 0 Å². The highest BCUT2D eigenvalue weighted by Gasteiger charge is 2.34. The van der Waals surface area contributed by atoms with Crippen molar-refractivity contribution < 1.29 is 0 Å². The minimum absolute atomic E-state index is 0.162. The summed E-state index contributed by atoms with van der Waals surface area (Å²) >= 11 is 0. The maximum absolute atomic E-state index is 4.82. The molecule has 1 N–H and O–H groups in total. The zero-order valence-corrected chi connectivity index (χ0v) is 28.9. The van der Waals surface area contributed by atoms with Crippen LogP contribution in [0.15, 0.2) is 212 Å². The van der Waals surface area contributed by atoms with E-state index in [0.29, 0.717) is 0 Å². The van der Waals surface area contributed by atoms with Crippen molar-refractivity contribution in [1.82, 2.24) is 4.57 Å². The number of rotatable bonds is 6. The Bertz CT molecular complexity index is 2530. The lowest BCUT2D eigenvalue weighted by molar-refractivity contribution is 1.01. The summed E-state index contributed by atoms with van der Waals surface area (Å²) in [5.41, 5.74) is 12.7. The van der Waals surface area contributed by atoms with Gasteiger partial charge in [-0.1, -0.05) is 140 Å². The third-order valence-electron chi connectivity index (χ3n) is 10.3. The van der Waals surface area contributed by atoms with Gasteiger partial charge in [0.15, 0.2) is 0 Å². The maximum atomic E-state index is 4.82. The molecule has 52 heavy (non-hydrogen) atoms. The molecule has 6 aromatic carbocycles. The maximum Gasteiger partial charge on any atom is 0.413 e. The highest BCUT2D eigenvalue weighted by Crippen LogP contribution is 2.41. The van der Waals surface area contributed by atoms with Gasteiger partial charge < -0.3 is 14.6 Å². The van der Waals surface area contributed by atoms with E-state index in [2.05, 4.69) is 209 Å². The normalized spacial score (nSPS) is 15.2. The second-order valence-electron chi connectivity index (χ2n) is 13.4. The standard InChI is InChI=1S/C48H38BN3/c1-35-42(36-17-8-9-18-36)25-12-10-19-38-20-11-14-28-45(38)52(49(35)50-39-21-4-2-5-22-39)41-33-31-37(32-34-41)43-27-16-30-47-48(43)44-26-13-15-29-46(44)51(47)40-23-6-3-7-24-40/h2-18,20-34,36,50H,1,19H2/b12-10-,42-25?. The van der Waals surface area contributed by atoms with Crippen molar-refractivity contribution in [3.63, 3.8) is 0 Å². The Labute approximate surface area is 306 Å². The van der Waals surface area contributed by atoms with Gasteiger partial charge in [0.1, 0.15) is 0 Å². The van der Waals surface area contributed by atoms with E-state index in [9.17, 15) is 0 Å². The van der Waals surface area contributed by atoms with Gasteiger partial charge in [0.2, 0.25) is 0 Å². The van der Waals surface area contributed by atoms with E-state index in [-0.39, 0.29) is 12.9 Å². The number of hydrogen-bond acceptors (Lipinski definition) is 2. The van der Waals surface area contributed by atoms with Gasteiger partial charge in [0, 0.05) is 39.4 Å². The molecule has 4 heteroatoms. The summed E-state index contributed by atoms with van der Waals surface area (Å²) in [6, 6.07) is 54.4. The molecule has 9 rings (SSSR count). The topological polar surface area (TPSA) is 20.2 Å². The number of allylic oxidation sites excluding steroid dienone is 9. The quantitative estimate of drug-likeness (QED) is 0.178. The number of hydrogen-bond donors (Lipinski definition) is 1. The van der Waals surface area contributed by atoms with Crippen LogP contribution >= 0.6 is 0 Å². The summed E-state index contributed by atoms with van der Waals surface area (Å²) in [5, 5.41) is 6.42. The average Bonchev–Trinajstić information content (AvgIpc) is 3.86. The Hall–Kier alpha value is -6.52. The van der Waals surface area contributed by atoms with E-state index in [0.717, 1.165) is 34.6 Å². The van der Waals surface area contributed by atoms with Crippen molar-refractivity contribution in [3.05, 3.63) is 217 Å². The number of nitrogens with one attached hydrogen (secondary N) is 1. The molecule has 0 fully saturated rings. The number of anilines is 3. The minimum Gasteiger partial charge on any atom is -0.405 e. The molecular weight excluding hydrogens is 629 g/mol. The molecule has 2 heterocycles. The molecule has 0 bridgehead atoms. The van der Waals surface area contributed by atoms with Crippen molar-refractivity contribution in [2.45, 2.75) is 6.42 Å². The molecule has 1 aliphatic heterocycles. The molecule has 0 saturated carbocycles. The summed E-state index contributed by atoms with van der Waals surface area (Å²) in [5.74, 6) is 0.162. The Morgan fingerprint density at radius 2 is 1.31 bits per heavy atom. The molecule has 3 nitrogen and oxygen atoms in total. The lowest BCUT2D eigenvalue weighted by Gasteiger charge is -2.36. The highest BCUT2D eigenvalue weighted by atomic mass is 15.1. The van der Waals surface area contributed by atoms with Crippen LogP contribution in [0.1, 0.15) is 5.56 Å². The molecule has 1 aliphatic carbocycles. The van der Waals surface area contributed by atoms with Crippen LogP contribution < -0.4 is 10.0 Å². The van der Waals surface area contributed by atoms with E-state index in [1.54, 1.807) is 0 Å². The third kappa shape index (κ3) is 5.69. The molecule has 0 radical (unpaired) electrons.